The normalized spacial score (nSPS) is 15.5. The zero-order chi connectivity index (χ0) is 19.7. The summed E-state index contributed by atoms with van der Waals surface area (Å²) in [7, 11) is -3.47. The van der Waals surface area contributed by atoms with Crippen LogP contribution >= 0.6 is 0 Å². The van der Waals surface area contributed by atoms with Gasteiger partial charge in [-0.15, -0.1) is 0 Å². The molecule has 7 nitrogen and oxygen atoms in total. The van der Waals surface area contributed by atoms with Gasteiger partial charge in [-0.3, -0.25) is 4.79 Å². The lowest BCUT2D eigenvalue weighted by Crippen LogP contribution is -2.35. The molecule has 0 spiro atoms. The van der Waals surface area contributed by atoms with Crippen molar-refractivity contribution in [3.63, 3.8) is 0 Å². The highest BCUT2D eigenvalue weighted by Crippen LogP contribution is 2.25. The van der Waals surface area contributed by atoms with E-state index in [1.54, 1.807) is 29.4 Å². The first-order valence-corrected chi connectivity index (χ1v) is 11.0. The van der Waals surface area contributed by atoms with E-state index < -0.39 is 10.0 Å². The first-order chi connectivity index (χ1) is 12.9. The molecule has 27 heavy (non-hydrogen) atoms. The van der Waals surface area contributed by atoms with Crippen molar-refractivity contribution < 1.29 is 22.7 Å². The molecule has 0 aliphatic carbocycles. The second-order valence-electron chi connectivity index (χ2n) is 6.58. The fourth-order valence-electron chi connectivity index (χ4n) is 2.94. The van der Waals surface area contributed by atoms with Crippen molar-refractivity contribution in [1.82, 2.24) is 9.62 Å². The minimum absolute atomic E-state index is 0.103. The van der Waals surface area contributed by atoms with Crippen molar-refractivity contribution in [2.75, 3.05) is 39.5 Å². The van der Waals surface area contributed by atoms with Crippen molar-refractivity contribution in [2.24, 2.45) is 0 Å². The van der Waals surface area contributed by atoms with E-state index in [0.29, 0.717) is 44.2 Å². The van der Waals surface area contributed by atoms with Crippen molar-refractivity contribution >= 4 is 15.9 Å². The minimum atomic E-state index is -3.47. The molecule has 0 unspecified atom stereocenters. The van der Waals surface area contributed by atoms with E-state index in [0.717, 1.165) is 25.7 Å². The predicted octanol–water partition coefficient (Wildman–Crippen LogP) is 2.09. The Bertz CT molecular complexity index is 715. The highest BCUT2D eigenvalue weighted by atomic mass is 32.2. The monoisotopic (exact) mass is 398 g/mol. The molecule has 1 aromatic carbocycles. The number of hydrogen-bond donors (Lipinski definition) is 1. The molecule has 0 aromatic heterocycles. The number of sulfonamides is 1. The van der Waals surface area contributed by atoms with Gasteiger partial charge in [-0.1, -0.05) is 6.42 Å². The molecule has 152 valence electrons. The molecular formula is C19H30N2O5S. The van der Waals surface area contributed by atoms with Gasteiger partial charge in [-0.2, -0.15) is 4.31 Å². The molecular weight excluding hydrogens is 368 g/mol. The molecule has 1 N–H and O–H groups in total. The molecule has 1 saturated heterocycles. The number of nitrogens with one attached hydrogen (secondary N) is 1. The molecule has 1 aliphatic rings. The molecule has 1 aliphatic heterocycles. The smallest absolute Gasteiger partial charge is 0.257 e. The van der Waals surface area contributed by atoms with Gasteiger partial charge < -0.3 is 14.8 Å². The number of piperidine rings is 1. The summed E-state index contributed by atoms with van der Waals surface area (Å²) in [6.45, 7) is 6.57. The zero-order valence-electron chi connectivity index (χ0n) is 16.2. The number of hydrogen-bond acceptors (Lipinski definition) is 5. The van der Waals surface area contributed by atoms with Gasteiger partial charge in [-0.05, 0) is 56.9 Å². The predicted molar refractivity (Wildman–Crippen MR) is 103 cm³/mol. The van der Waals surface area contributed by atoms with E-state index in [2.05, 4.69) is 5.32 Å². The van der Waals surface area contributed by atoms with E-state index in [1.807, 2.05) is 6.92 Å². The van der Waals surface area contributed by atoms with E-state index in [9.17, 15) is 13.2 Å². The summed E-state index contributed by atoms with van der Waals surface area (Å²) < 4.78 is 37.7. The van der Waals surface area contributed by atoms with Crippen LogP contribution in [0.25, 0.3) is 0 Å². The van der Waals surface area contributed by atoms with Crippen LogP contribution in [0.2, 0.25) is 0 Å². The minimum Gasteiger partial charge on any atom is -0.484 e. The van der Waals surface area contributed by atoms with Gasteiger partial charge >= 0.3 is 0 Å². The zero-order valence-corrected chi connectivity index (χ0v) is 17.0. The molecule has 0 atom stereocenters. The van der Waals surface area contributed by atoms with Crippen LogP contribution in [-0.2, 0) is 19.6 Å². The topological polar surface area (TPSA) is 84.9 Å². The third-order valence-corrected chi connectivity index (χ3v) is 6.34. The van der Waals surface area contributed by atoms with Crippen molar-refractivity contribution in [2.45, 2.75) is 44.4 Å². The SMILES string of the molecule is CCOCCCNC(=O)COc1ccc(S(=O)(=O)N2CCCCC2)cc1C. The fourth-order valence-corrected chi connectivity index (χ4v) is 4.54. The Balaban J connectivity index is 1.88. The van der Waals surface area contributed by atoms with Gasteiger partial charge in [-0.25, -0.2) is 8.42 Å². The van der Waals surface area contributed by atoms with E-state index in [-0.39, 0.29) is 17.4 Å². The van der Waals surface area contributed by atoms with E-state index >= 15 is 0 Å². The molecule has 8 heteroatoms. The second kappa shape index (κ2) is 10.6. The number of nitrogens with zero attached hydrogens (tertiary/aromatic N) is 1. The lowest BCUT2D eigenvalue weighted by molar-refractivity contribution is -0.123. The van der Waals surface area contributed by atoms with E-state index in [4.69, 9.17) is 9.47 Å². The highest BCUT2D eigenvalue weighted by molar-refractivity contribution is 7.89. The van der Waals surface area contributed by atoms with Crippen LogP contribution in [0.4, 0.5) is 0 Å². The van der Waals surface area contributed by atoms with Crippen LogP contribution in [0.1, 0.15) is 38.2 Å². The summed E-state index contributed by atoms with van der Waals surface area (Å²) in [4.78, 5) is 12.1. The summed E-state index contributed by atoms with van der Waals surface area (Å²) in [5.74, 6) is 0.299. The Morgan fingerprint density at radius 2 is 1.96 bits per heavy atom. The Morgan fingerprint density at radius 1 is 1.22 bits per heavy atom. The molecule has 0 saturated carbocycles. The molecule has 1 heterocycles. The molecule has 0 bridgehead atoms. The Kier molecular flexibility index (Phi) is 8.53. The second-order valence-corrected chi connectivity index (χ2v) is 8.52. The van der Waals surface area contributed by atoms with Crippen molar-refractivity contribution in [3.05, 3.63) is 23.8 Å². The van der Waals surface area contributed by atoms with Gasteiger partial charge in [0.15, 0.2) is 6.61 Å². The number of carbonyl (C=O) groups is 1. The maximum Gasteiger partial charge on any atom is 0.257 e. The molecule has 1 amide bonds. The fraction of sp³-hybridized carbons (Fsp3) is 0.632. The average Bonchev–Trinajstić information content (AvgIpc) is 2.67. The third-order valence-electron chi connectivity index (χ3n) is 4.45. The van der Waals surface area contributed by atoms with Gasteiger partial charge in [0.25, 0.3) is 5.91 Å². The van der Waals surface area contributed by atoms with Gasteiger partial charge in [0.05, 0.1) is 4.90 Å². The summed E-state index contributed by atoms with van der Waals surface area (Å²) in [6.07, 6.45) is 3.63. The largest absolute Gasteiger partial charge is 0.484 e. The maximum absolute atomic E-state index is 12.7. The number of aryl methyl sites for hydroxylation is 1. The first kappa shape index (κ1) is 21.7. The number of ether oxygens (including phenoxy) is 2. The molecule has 1 fully saturated rings. The van der Waals surface area contributed by atoms with Crippen molar-refractivity contribution in [3.8, 4) is 5.75 Å². The molecule has 0 radical (unpaired) electrons. The van der Waals surface area contributed by atoms with E-state index in [1.165, 1.54) is 0 Å². The molecule has 1 aromatic rings. The van der Waals surface area contributed by atoms with Crippen LogP contribution < -0.4 is 10.1 Å². The van der Waals surface area contributed by atoms with Crippen LogP contribution in [0.15, 0.2) is 23.1 Å². The highest BCUT2D eigenvalue weighted by Gasteiger charge is 2.26. The van der Waals surface area contributed by atoms with Crippen LogP contribution in [0.5, 0.6) is 5.75 Å². The lowest BCUT2D eigenvalue weighted by atomic mass is 10.2. The maximum atomic E-state index is 12.7. The quantitative estimate of drug-likeness (QED) is 0.610. The van der Waals surface area contributed by atoms with Gasteiger partial charge in [0, 0.05) is 32.8 Å². The summed E-state index contributed by atoms with van der Waals surface area (Å²) in [5.41, 5.74) is 0.692. The standard InChI is InChI=1S/C19H30N2O5S/c1-3-25-13-7-10-20-19(22)15-26-18-9-8-17(14-16(18)2)27(23,24)21-11-5-4-6-12-21/h8-9,14H,3-7,10-13,15H2,1-2H3,(H,20,22). The number of carbonyl (C=O) groups excluding carboxylic acids is 1. The lowest BCUT2D eigenvalue weighted by Gasteiger charge is -2.26. The van der Waals surface area contributed by atoms with Crippen LogP contribution in [-0.4, -0.2) is 58.1 Å². The van der Waals surface area contributed by atoms with Crippen LogP contribution in [0.3, 0.4) is 0 Å². The summed E-state index contributed by atoms with van der Waals surface area (Å²) >= 11 is 0. The Labute approximate surface area is 162 Å². The van der Waals surface area contributed by atoms with Gasteiger partial charge in [0.2, 0.25) is 10.0 Å². The first-order valence-electron chi connectivity index (χ1n) is 9.53. The van der Waals surface area contributed by atoms with Gasteiger partial charge in [0.1, 0.15) is 5.75 Å². The van der Waals surface area contributed by atoms with Crippen molar-refractivity contribution in [1.29, 1.82) is 0 Å². The third kappa shape index (κ3) is 6.48. The Morgan fingerprint density at radius 3 is 2.63 bits per heavy atom. The number of rotatable bonds is 10. The summed E-state index contributed by atoms with van der Waals surface area (Å²) in [5, 5.41) is 2.76. The average molecular weight is 399 g/mol. The molecule has 2 rings (SSSR count). The summed E-state index contributed by atoms with van der Waals surface area (Å²) in [6, 6.07) is 4.78. The Hall–Kier alpha value is -1.64. The van der Waals surface area contributed by atoms with Crippen LogP contribution in [0, 0.1) is 6.92 Å². The number of benzene rings is 1. The number of amides is 1.